The van der Waals surface area contributed by atoms with Gasteiger partial charge in [-0.1, -0.05) is 31.2 Å². The van der Waals surface area contributed by atoms with E-state index in [1.807, 2.05) is 0 Å². The van der Waals surface area contributed by atoms with Gasteiger partial charge < -0.3 is 15.7 Å². The molecule has 0 aliphatic rings. The van der Waals surface area contributed by atoms with Gasteiger partial charge in [0.15, 0.2) is 0 Å². The van der Waals surface area contributed by atoms with Gasteiger partial charge in [-0.2, -0.15) is 0 Å². The van der Waals surface area contributed by atoms with Gasteiger partial charge >= 0.3 is 0 Å². The zero-order valence-corrected chi connectivity index (χ0v) is 10.9. The van der Waals surface area contributed by atoms with E-state index in [1.165, 1.54) is 11.1 Å². The highest BCUT2D eigenvalue weighted by Gasteiger charge is 1.95. The van der Waals surface area contributed by atoms with Crippen molar-refractivity contribution in [3.05, 3.63) is 35.4 Å². The molecular formula is C14H24N2O. The quantitative estimate of drug-likeness (QED) is 0.596. The maximum atomic E-state index is 9.05. The van der Waals surface area contributed by atoms with Crippen molar-refractivity contribution in [2.45, 2.75) is 32.9 Å². The fourth-order valence-corrected chi connectivity index (χ4v) is 1.61. The highest BCUT2D eigenvalue weighted by molar-refractivity contribution is 5.22. The fraction of sp³-hybridized carbons (Fsp3) is 0.571. The Morgan fingerprint density at radius 3 is 2.24 bits per heavy atom. The van der Waals surface area contributed by atoms with E-state index in [0.29, 0.717) is 6.54 Å². The van der Waals surface area contributed by atoms with Crippen molar-refractivity contribution < 1.29 is 5.11 Å². The Balaban J connectivity index is 2.09. The monoisotopic (exact) mass is 236 g/mol. The molecule has 3 heteroatoms. The van der Waals surface area contributed by atoms with E-state index in [9.17, 15) is 0 Å². The summed E-state index contributed by atoms with van der Waals surface area (Å²) < 4.78 is 0. The van der Waals surface area contributed by atoms with E-state index < -0.39 is 0 Å². The molecule has 0 heterocycles. The number of hydrogen-bond donors (Lipinski definition) is 3. The van der Waals surface area contributed by atoms with Crippen molar-refractivity contribution in [2.75, 3.05) is 19.6 Å². The van der Waals surface area contributed by atoms with E-state index in [2.05, 4.69) is 41.8 Å². The Kier molecular flexibility index (Phi) is 6.86. The van der Waals surface area contributed by atoms with Crippen LogP contribution in [0.15, 0.2) is 24.3 Å². The molecule has 0 bridgehead atoms. The minimum Gasteiger partial charge on any atom is -0.392 e. The lowest BCUT2D eigenvalue weighted by atomic mass is 10.1. The van der Waals surface area contributed by atoms with Crippen LogP contribution in [0.3, 0.4) is 0 Å². The van der Waals surface area contributed by atoms with Crippen molar-refractivity contribution in [2.24, 2.45) is 0 Å². The summed E-state index contributed by atoms with van der Waals surface area (Å²) >= 11 is 0. The summed E-state index contributed by atoms with van der Waals surface area (Å²) in [6.45, 7) is 7.32. The van der Waals surface area contributed by atoms with E-state index in [0.717, 1.165) is 26.1 Å². The van der Waals surface area contributed by atoms with Crippen LogP contribution in [-0.2, 0) is 13.0 Å². The normalized spacial score (nSPS) is 12.6. The maximum Gasteiger partial charge on any atom is 0.0636 e. The van der Waals surface area contributed by atoms with Crippen LogP contribution >= 0.6 is 0 Å². The molecule has 0 aliphatic heterocycles. The van der Waals surface area contributed by atoms with Crippen molar-refractivity contribution >= 4 is 0 Å². The van der Waals surface area contributed by atoms with Crippen molar-refractivity contribution in [1.29, 1.82) is 0 Å². The van der Waals surface area contributed by atoms with Gasteiger partial charge in [0.25, 0.3) is 0 Å². The van der Waals surface area contributed by atoms with Crippen LogP contribution in [0.2, 0.25) is 0 Å². The minimum atomic E-state index is -0.267. The van der Waals surface area contributed by atoms with Gasteiger partial charge in [0.05, 0.1) is 6.10 Å². The number of aliphatic hydroxyl groups excluding tert-OH is 1. The Morgan fingerprint density at radius 1 is 1.06 bits per heavy atom. The van der Waals surface area contributed by atoms with Crippen LogP contribution in [0.4, 0.5) is 0 Å². The third-order valence-electron chi connectivity index (χ3n) is 2.68. The van der Waals surface area contributed by atoms with Gasteiger partial charge in [-0.05, 0) is 24.5 Å². The fourth-order valence-electron chi connectivity index (χ4n) is 1.61. The molecule has 3 nitrogen and oxygen atoms in total. The zero-order valence-electron chi connectivity index (χ0n) is 10.9. The van der Waals surface area contributed by atoms with Crippen LogP contribution in [0.1, 0.15) is 25.0 Å². The Bertz CT molecular complexity index is 296. The molecule has 96 valence electrons. The van der Waals surface area contributed by atoms with Crippen LogP contribution in [0.25, 0.3) is 0 Å². The summed E-state index contributed by atoms with van der Waals surface area (Å²) in [5.74, 6) is 0. The number of nitrogens with one attached hydrogen (secondary N) is 2. The highest BCUT2D eigenvalue weighted by Crippen LogP contribution is 2.04. The molecule has 1 aromatic carbocycles. The first-order chi connectivity index (χ1) is 8.22. The zero-order chi connectivity index (χ0) is 12.5. The molecule has 0 saturated carbocycles. The van der Waals surface area contributed by atoms with Crippen LogP contribution in [-0.4, -0.2) is 30.8 Å². The molecular weight excluding hydrogens is 212 g/mol. The first kappa shape index (κ1) is 14.2. The first-order valence-electron chi connectivity index (χ1n) is 6.39. The Hall–Kier alpha value is -0.900. The summed E-state index contributed by atoms with van der Waals surface area (Å²) in [6.07, 6.45) is 0.827. The SMILES string of the molecule is CCc1ccc(CNCCNC[C@H](C)O)cc1. The topological polar surface area (TPSA) is 44.3 Å². The molecule has 0 spiro atoms. The third kappa shape index (κ3) is 6.41. The summed E-state index contributed by atoms with van der Waals surface area (Å²) in [5.41, 5.74) is 2.70. The van der Waals surface area contributed by atoms with Crippen molar-refractivity contribution in [3.63, 3.8) is 0 Å². The minimum absolute atomic E-state index is 0.267. The summed E-state index contributed by atoms with van der Waals surface area (Å²) in [4.78, 5) is 0. The Labute approximate surface area is 104 Å². The molecule has 1 atom stereocenters. The number of benzene rings is 1. The predicted molar refractivity (Wildman–Crippen MR) is 72.1 cm³/mol. The molecule has 0 amide bonds. The number of aryl methyl sites for hydroxylation is 1. The second-order valence-corrected chi connectivity index (χ2v) is 4.40. The average molecular weight is 236 g/mol. The molecule has 3 N–H and O–H groups in total. The predicted octanol–water partition coefficient (Wildman–Crippen LogP) is 1.31. The average Bonchev–Trinajstić information content (AvgIpc) is 2.34. The lowest BCUT2D eigenvalue weighted by molar-refractivity contribution is 0.191. The molecule has 0 fully saturated rings. The molecule has 0 aliphatic carbocycles. The van der Waals surface area contributed by atoms with Crippen LogP contribution < -0.4 is 10.6 Å². The lowest BCUT2D eigenvalue weighted by Crippen LogP contribution is -2.31. The standard InChI is InChI=1S/C14H24N2O/c1-3-13-4-6-14(7-5-13)11-16-9-8-15-10-12(2)17/h4-7,12,15-17H,3,8-11H2,1-2H3/t12-/m0/s1. The molecule has 0 radical (unpaired) electrons. The second-order valence-electron chi connectivity index (χ2n) is 4.40. The van der Waals surface area contributed by atoms with Crippen molar-refractivity contribution in [1.82, 2.24) is 10.6 Å². The molecule has 1 aromatic rings. The smallest absolute Gasteiger partial charge is 0.0636 e. The summed E-state index contributed by atoms with van der Waals surface area (Å²) in [7, 11) is 0. The highest BCUT2D eigenvalue weighted by atomic mass is 16.3. The van der Waals surface area contributed by atoms with E-state index in [-0.39, 0.29) is 6.10 Å². The third-order valence-corrected chi connectivity index (χ3v) is 2.68. The van der Waals surface area contributed by atoms with Gasteiger partial charge in [-0.25, -0.2) is 0 Å². The van der Waals surface area contributed by atoms with Gasteiger partial charge in [0.1, 0.15) is 0 Å². The van der Waals surface area contributed by atoms with Gasteiger partial charge in [-0.3, -0.25) is 0 Å². The molecule has 0 saturated heterocycles. The van der Waals surface area contributed by atoms with Crippen molar-refractivity contribution in [3.8, 4) is 0 Å². The van der Waals surface area contributed by atoms with E-state index in [1.54, 1.807) is 6.92 Å². The lowest BCUT2D eigenvalue weighted by Gasteiger charge is -2.08. The van der Waals surface area contributed by atoms with Gasteiger partial charge in [0, 0.05) is 26.2 Å². The van der Waals surface area contributed by atoms with Gasteiger partial charge in [0.2, 0.25) is 0 Å². The molecule has 0 unspecified atom stereocenters. The molecule has 17 heavy (non-hydrogen) atoms. The summed E-state index contributed by atoms with van der Waals surface area (Å²) in [5, 5.41) is 15.6. The Morgan fingerprint density at radius 2 is 1.65 bits per heavy atom. The molecule has 1 rings (SSSR count). The first-order valence-corrected chi connectivity index (χ1v) is 6.39. The molecule has 0 aromatic heterocycles. The number of rotatable bonds is 8. The maximum absolute atomic E-state index is 9.05. The van der Waals surface area contributed by atoms with Crippen LogP contribution in [0, 0.1) is 0 Å². The largest absolute Gasteiger partial charge is 0.392 e. The van der Waals surface area contributed by atoms with E-state index in [4.69, 9.17) is 5.11 Å². The number of aliphatic hydroxyl groups is 1. The summed E-state index contributed by atoms with van der Waals surface area (Å²) in [6, 6.07) is 8.72. The van der Waals surface area contributed by atoms with Gasteiger partial charge in [-0.15, -0.1) is 0 Å². The van der Waals surface area contributed by atoms with E-state index >= 15 is 0 Å². The van der Waals surface area contributed by atoms with Crippen LogP contribution in [0.5, 0.6) is 0 Å². The second kappa shape index (κ2) is 8.23. The number of hydrogen-bond acceptors (Lipinski definition) is 3.